The zero-order chi connectivity index (χ0) is 17.7. The minimum atomic E-state index is -3.87. The van der Waals surface area contributed by atoms with E-state index in [1.165, 1.54) is 12.1 Å². The molecule has 6 nitrogen and oxygen atoms in total. The Kier molecular flexibility index (Phi) is 6.88. The fourth-order valence-electron chi connectivity index (χ4n) is 2.90. The second-order valence-electron chi connectivity index (χ2n) is 5.80. The van der Waals surface area contributed by atoms with Crippen LogP contribution in [0.1, 0.15) is 25.7 Å². The number of nitrogens with one attached hydrogen (secondary N) is 2. The molecule has 1 aromatic carbocycles. The lowest BCUT2D eigenvalue weighted by Gasteiger charge is -2.19. The summed E-state index contributed by atoms with van der Waals surface area (Å²) < 4.78 is 26.9. The van der Waals surface area contributed by atoms with E-state index in [4.69, 9.17) is 28.9 Å². The van der Waals surface area contributed by atoms with Gasteiger partial charge in [0.25, 0.3) is 0 Å². The molecule has 0 bridgehead atoms. The lowest BCUT2D eigenvalue weighted by molar-refractivity contribution is -0.121. The Balaban J connectivity index is 1.88. The second-order valence-corrected chi connectivity index (χ2v) is 8.32. The van der Waals surface area contributed by atoms with Crippen LogP contribution < -0.4 is 15.8 Å². The van der Waals surface area contributed by atoms with Gasteiger partial charge in [-0.05, 0) is 37.4 Å². The minimum Gasteiger partial charge on any atom is -0.353 e. The van der Waals surface area contributed by atoms with E-state index in [-0.39, 0.29) is 39.9 Å². The fourth-order valence-corrected chi connectivity index (χ4v) is 5.07. The van der Waals surface area contributed by atoms with Crippen LogP contribution in [-0.4, -0.2) is 33.5 Å². The molecule has 0 aromatic heterocycles. The Morgan fingerprint density at radius 2 is 1.92 bits per heavy atom. The zero-order valence-electron chi connectivity index (χ0n) is 13.1. The average Bonchev–Trinajstić information content (AvgIpc) is 2.93. The summed E-state index contributed by atoms with van der Waals surface area (Å²) in [4.78, 5) is 11.8. The van der Waals surface area contributed by atoms with Crippen molar-refractivity contribution < 1.29 is 13.2 Å². The number of carbonyl (C=O) groups is 1. The lowest BCUT2D eigenvalue weighted by atomic mass is 10.0. The molecule has 0 spiro atoms. The molecule has 2 atom stereocenters. The molecule has 0 heterocycles. The van der Waals surface area contributed by atoms with E-state index in [1.54, 1.807) is 6.07 Å². The number of hydrogen-bond acceptors (Lipinski definition) is 4. The predicted octanol–water partition coefficient (Wildman–Crippen LogP) is 1.91. The van der Waals surface area contributed by atoms with E-state index in [1.807, 2.05) is 0 Å². The maximum absolute atomic E-state index is 12.3. The molecule has 1 saturated carbocycles. The van der Waals surface area contributed by atoms with Crippen molar-refractivity contribution in [2.24, 2.45) is 11.7 Å². The van der Waals surface area contributed by atoms with Gasteiger partial charge in [-0.1, -0.05) is 35.7 Å². The first-order valence-corrected chi connectivity index (χ1v) is 10.0. The summed E-state index contributed by atoms with van der Waals surface area (Å²) in [6.45, 7) is 0.512. The highest BCUT2D eigenvalue weighted by Gasteiger charge is 2.27. The van der Waals surface area contributed by atoms with Crippen molar-refractivity contribution in [2.75, 3.05) is 13.1 Å². The number of rotatable bonds is 7. The minimum absolute atomic E-state index is 0.0320. The highest BCUT2D eigenvalue weighted by molar-refractivity contribution is 7.89. The number of carbonyl (C=O) groups excluding carboxylic acids is 1. The molecule has 2 unspecified atom stereocenters. The highest BCUT2D eigenvalue weighted by Crippen LogP contribution is 2.28. The summed E-state index contributed by atoms with van der Waals surface area (Å²) in [6, 6.07) is 4.54. The molecule has 0 saturated heterocycles. The van der Waals surface area contributed by atoms with Crippen LogP contribution in [0.4, 0.5) is 0 Å². The van der Waals surface area contributed by atoms with Crippen molar-refractivity contribution in [3.63, 3.8) is 0 Å². The number of hydrogen-bond donors (Lipinski definition) is 3. The molecular formula is C15H21Cl2N3O3S. The van der Waals surface area contributed by atoms with E-state index in [0.717, 1.165) is 19.3 Å². The van der Waals surface area contributed by atoms with Crippen LogP contribution in [0, 0.1) is 5.92 Å². The standard InChI is InChI=1S/C15H21Cl2N3O3S/c16-11-4-2-5-12(17)15(11)24(22,23)19-8-7-14(21)20-13-6-1-3-10(13)9-18/h2,4-5,10,13,19H,1,3,6-9,18H2,(H,20,21). The summed E-state index contributed by atoms with van der Waals surface area (Å²) >= 11 is 11.8. The van der Waals surface area contributed by atoms with Crippen LogP contribution in [0.25, 0.3) is 0 Å². The van der Waals surface area contributed by atoms with Gasteiger partial charge in [-0.25, -0.2) is 13.1 Å². The Morgan fingerprint density at radius 3 is 2.54 bits per heavy atom. The summed E-state index contributed by atoms with van der Waals surface area (Å²) in [7, 11) is -3.87. The molecule has 4 N–H and O–H groups in total. The normalized spacial score (nSPS) is 21.0. The molecule has 0 radical (unpaired) electrons. The van der Waals surface area contributed by atoms with Crippen LogP contribution in [0.5, 0.6) is 0 Å². The number of sulfonamides is 1. The summed E-state index contributed by atoms with van der Waals surface area (Å²) in [5.74, 6) is 0.0980. The fraction of sp³-hybridized carbons (Fsp3) is 0.533. The smallest absolute Gasteiger partial charge is 0.243 e. The third kappa shape index (κ3) is 4.83. The molecule has 1 amide bonds. The molecular weight excluding hydrogens is 373 g/mol. The first kappa shape index (κ1) is 19.5. The van der Waals surface area contributed by atoms with Gasteiger partial charge in [0.15, 0.2) is 0 Å². The third-order valence-corrected chi connectivity index (χ3v) is 6.56. The van der Waals surface area contributed by atoms with E-state index in [2.05, 4.69) is 10.0 Å². The van der Waals surface area contributed by atoms with Gasteiger partial charge in [-0.3, -0.25) is 4.79 Å². The van der Waals surface area contributed by atoms with Crippen molar-refractivity contribution in [1.29, 1.82) is 0 Å². The van der Waals surface area contributed by atoms with Gasteiger partial charge in [-0.15, -0.1) is 0 Å². The van der Waals surface area contributed by atoms with Crippen molar-refractivity contribution in [3.05, 3.63) is 28.2 Å². The zero-order valence-corrected chi connectivity index (χ0v) is 15.4. The molecule has 1 aliphatic carbocycles. The Morgan fingerprint density at radius 1 is 1.25 bits per heavy atom. The van der Waals surface area contributed by atoms with E-state index < -0.39 is 10.0 Å². The third-order valence-electron chi connectivity index (χ3n) is 4.14. The van der Waals surface area contributed by atoms with Crippen molar-refractivity contribution in [1.82, 2.24) is 10.0 Å². The van der Waals surface area contributed by atoms with Crippen molar-refractivity contribution in [3.8, 4) is 0 Å². The van der Waals surface area contributed by atoms with E-state index >= 15 is 0 Å². The molecule has 9 heteroatoms. The van der Waals surface area contributed by atoms with Crippen molar-refractivity contribution >= 4 is 39.1 Å². The van der Waals surface area contributed by atoms with Gasteiger partial charge in [0, 0.05) is 19.0 Å². The Hall–Kier alpha value is -0.860. The van der Waals surface area contributed by atoms with Gasteiger partial charge >= 0.3 is 0 Å². The highest BCUT2D eigenvalue weighted by atomic mass is 35.5. The van der Waals surface area contributed by atoms with Gasteiger partial charge < -0.3 is 11.1 Å². The van der Waals surface area contributed by atoms with E-state index in [0.29, 0.717) is 12.5 Å². The number of halogens is 2. The van der Waals surface area contributed by atoms with Crippen LogP contribution in [0.2, 0.25) is 10.0 Å². The topological polar surface area (TPSA) is 101 Å². The maximum Gasteiger partial charge on any atom is 0.243 e. The van der Waals surface area contributed by atoms with Gasteiger partial charge in [0.05, 0.1) is 10.0 Å². The van der Waals surface area contributed by atoms with Crippen LogP contribution >= 0.6 is 23.2 Å². The van der Waals surface area contributed by atoms with Crippen LogP contribution in [-0.2, 0) is 14.8 Å². The lowest BCUT2D eigenvalue weighted by Crippen LogP contribution is -2.41. The van der Waals surface area contributed by atoms with Gasteiger partial charge in [0.1, 0.15) is 4.90 Å². The van der Waals surface area contributed by atoms with Crippen molar-refractivity contribution in [2.45, 2.75) is 36.6 Å². The molecule has 2 rings (SSSR count). The van der Waals surface area contributed by atoms with Crippen LogP contribution in [0.3, 0.4) is 0 Å². The first-order chi connectivity index (χ1) is 11.3. The molecule has 24 heavy (non-hydrogen) atoms. The SMILES string of the molecule is NCC1CCCC1NC(=O)CCNS(=O)(=O)c1c(Cl)cccc1Cl. The largest absolute Gasteiger partial charge is 0.353 e. The average molecular weight is 394 g/mol. The quantitative estimate of drug-likeness (QED) is 0.658. The molecule has 1 aliphatic rings. The molecule has 1 aromatic rings. The van der Waals surface area contributed by atoms with E-state index in [9.17, 15) is 13.2 Å². The summed E-state index contributed by atoms with van der Waals surface area (Å²) in [5.41, 5.74) is 5.68. The number of amides is 1. The van der Waals surface area contributed by atoms with Gasteiger partial charge in [-0.2, -0.15) is 0 Å². The maximum atomic E-state index is 12.3. The van der Waals surface area contributed by atoms with Gasteiger partial charge in [0.2, 0.25) is 15.9 Å². The summed E-state index contributed by atoms with van der Waals surface area (Å²) in [5, 5.41) is 3.00. The predicted molar refractivity (Wildman–Crippen MR) is 94.6 cm³/mol. The van der Waals surface area contributed by atoms with Crippen LogP contribution in [0.15, 0.2) is 23.1 Å². The first-order valence-electron chi connectivity index (χ1n) is 7.78. The number of nitrogens with two attached hydrogens (primary N) is 1. The summed E-state index contributed by atoms with van der Waals surface area (Å²) in [6.07, 6.45) is 3.01. The Labute approximate surface area is 152 Å². The molecule has 0 aliphatic heterocycles. The molecule has 1 fully saturated rings. The molecule has 134 valence electrons. The monoisotopic (exact) mass is 393 g/mol. The number of benzene rings is 1. The second kappa shape index (κ2) is 8.49. The Bertz CT molecular complexity index is 677.